The van der Waals surface area contributed by atoms with Gasteiger partial charge < -0.3 is 9.84 Å². The predicted octanol–water partition coefficient (Wildman–Crippen LogP) is 2.63. The molecule has 0 aliphatic heterocycles. The van der Waals surface area contributed by atoms with Crippen LogP contribution >= 0.6 is 22.6 Å². The molecule has 0 aliphatic rings. The highest BCUT2D eigenvalue weighted by atomic mass is 127. The smallest absolute Gasteiger partial charge is 0.306 e. The third-order valence-electron chi connectivity index (χ3n) is 2.02. The minimum atomic E-state index is -0.498. The molecule has 88 valence electrons. The Morgan fingerprint density at radius 2 is 2.25 bits per heavy atom. The fourth-order valence-electron chi connectivity index (χ4n) is 1.24. The lowest BCUT2D eigenvalue weighted by atomic mass is 10.1. The Kier molecular flexibility index (Phi) is 4.98. The summed E-state index contributed by atoms with van der Waals surface area (Å²) in [6.07, 6.45) is 0.423. The molecule has 1 aromatic carbocycles. The van der Waals surface area contributed by atoms with Crippen LogP contribution in [0.5, 0.6) is 5.75 Å². The predicted molar refractivity (Wildman–Crippen MR) is 65.7 cm³/mol. The van der Waals surface area contributed by atoms with Crippen molar-refractivity contribution in [2.24, 2.45) is 0 Å². The third kappa shape index (κ3) is 3.62. The quantitative estimate of drug-likeness (QED) is 0.678. The van der Waals surface area contributed by atoms with Crippen molar-refractivity contribution in [3.63, 3.8) is 0 Å². The highest BCUT2D eigenvalue weighted by Crippen LogP contribution is 2.24. The Bertz CT molecular complexity index is 393. The molecule has 0 saturated carbocycles. The number of hydrogen-bond acceptors (Lipinski definition) is 3. The van der Waals surface area contributed by atoms with Crippen LogP contribution in [0, 0.1) is 9.39 Å². The van der Waals surface area contributed by atoms with Crippen molar-refractivity contribution < 1.29 is 19.0 Å². The van der Waals surface area contributed by atoms with Crippen molar-refractivity contribution in [2.45, 2.75) is 19.8 Å². The first-order valence-electron chi connectivity index (χ1n) is 4.87. The highest BCUT2D eigenvalue weighted by molar-refractivity contribution is 14.1. The van der Waals surface area contributed by atoms with Crippen LogP contribution in [0.1, 0.15) is 18.9 Å². The number of aryl methyl sites for hydroxylation is 1. The molecule has 0 fully saturated rings. The summed E-state index contributed by atoms with van der Waals surface area (Å²) in [5.74, 6) is -0.926. The van der Waals surface area contributed by atoms with E-state index in [2.05, 4.69) is 0 Å². The lowest BCUT2D eigenvalue weighted by molar-refractivity contribution is -0.143. The molecule has 5 heteroatoms. The molecular formula is C11H12FIO3. The molecule has 1 aromatic rings. The van der Waals surface area contributed by atoms with Crippen molar-refractivity contribution in [3.8, 4) is 5.75 Å². The summed E-state index contributed by atoms with van der Waals surface area (Å²) < 4.78 is 18.7. The van der Waals surface area contributed by atoms with E-state index in [1.165, 1.54) is 6.07 Å². The third-order valence-corrected chi connectivity index (χ3v) is 2.88. The Morgan fingerprint density at radius 3 is 2.88 bits per heavy atom. The molecule has 0 atom stereocenters. The van der Waals surface area contributed by atoms with Crippen molar-refractivity contribution in [1.29, 1.82) is 0 Å². The van der Waals surface area contributed by atoms with Gasteiger partial charge in [-0.2, -0.15) is 0 Å². The lowest BCUT2D eigenvalue weighted by Crippen LogP contribution is -2.06. The molecule has 16 heavy (non-hydrogen) atoms. The van der Waals surface area contributed by atoms with Crippen LogP contribution in [0.25, 0.3) is 0 Å². The number of halogens is 2. The van der Waals surface area contributed by atoms with Crippen LogP contribution in [0.15, 0.2) is 12.1 Å². The maximum atomic E-state index is 13.4. The van der Waals surface area contributed by atoms with E-state index in [0.717, 1.165) is 6.07 Å². The summed E-state index contributed by atoms with van der Waals surface area (Å²) in [7, 11) is 0. The summed E-state index contributed by atoms with van der Waals surface area (Å²) in [4.78, 5) is 11.1. The van der Waals surface area contributed by atoms with Gasteiger partial charge in [-0.25, -0.2) is 4.39 Å². The van der Waals surface area contributed by atoms with Gasteiger partial charge in [0.25, 0.3) is 0 Å². The van der Waals surface area contributed by atoms with Gasteiger partial charge in [-0.3, -0.25) is 4.79 Å². The summed E-state index contributed by atoms with van der Waals surface area (Å²) in [6.45, 7) is 2.05. The first kappa shape index (κ1) is 13.2. The number of aromatic hydroxyl groups is 1. The molecule has 0 amide bonds. The number of rotatable bonds is 4. The van der Waals surface area contributed by atoms with Gasteiger partial charge in [0.15, 0.2) is 0 Å². The second-order valence-electron chi connectivity index (χ2n) is 3.20. The second-order valence-corrected chi connectivity index (χ2v) is 4.36. The number of ether oxygens (including phenoxy) is 1. The number of benzene rings is 1. The zero-order valence-electron chi connectivity index (χ0n) is 8.80. The van der Waals surface area contributed by atoms with Crippen LogP contribution in [-0.4, -0.2) is 17.7 Å². The molecule has 0 spiro atoms. The minimum Gasteiger partial charge on any atom is -0.507 e. The SMILES string of the molecule is CCOC(=O)CCc1cc(I)c(O)cc1F. The van der Waals surface area contributed by atoms with Gasteiger partial charge in [0, 0.05) is 12.5 Å². The van der Waals surface area contributed by atoms with Crippen LogP contribution in [0.4, 0.5) is 4.39 Å². The molecule has 1 rings (SSSR count). The normalized spacial score (nSPS) is 10.2. The Labute approximate surface area is 107 Å². The van der Waals surface area contributed by atoms with E-state index in [0.29, 0.717) is 15.7 Å². The maximum absolute atomic E-state index is 13.4. The minimum absolute atomic E-state index is 0.0852. The van der Waals surface area contributed by atoms with Crippen LogP contribution in [0.3, 0.4) is 0 Å². The zero-order valence-corrected chi connectivity index (χ0v) is 11.0. The monoisotopic (exact) mass is 338 g/mol. The van der Waals surface area contributed by atoms with Crippen molar-refractivity contribution in [1.82, 2.24) is 0 Å². The fraction of sp³-hybridized carbons (Fsp3) is 0.364. The number of phenolic OH excluding ortho intramolecular Hbond substituents is 1. The Hall–Kier alpha value is -0.850. The first-order chi connectivity index (χ1) is 7.54. The van der Waals surface area contributed by atoms with Crippen LogP contribution in [-0.2, 0) is 16.0 Å². The van der Waals surface area contributed by atoms with Crippen molar-refractivity contribution in [2.75, 3.05) is 6.61 Å². The molecule has 0 aliphatic carbocycles. The van der Waals surface area contributed by atoms with E-state index in [1.54, 1.807) is 6.92 Å². The van der Waals surface area contributed by atoms with E-state index in [1.807, 2.05) is 22.6 Å². The van der Waals surface area contributed by atoms with Gasteiger partial charge in [0.2, 0.25) is 0 Å². The summed E-state index contributed by atoms with van der Waals surface area (Å²) in [5.41, 5.74) is 0.412. The number of esters is 1. The molecule has 0 bridgehead atoms. The van der Waals surface area contributed by atoms with Gasteiger partial charge >= 0.3 is 5.97 Å². The largest absolute Gasteiger partial charge is 0.507 e. The molecule has 0 saturated heterocycles. The molecular weight excluding hydrogens is 326 g/mol. The lowest BCUT2D eigenvalue weighted by Gasteiger charge is -2.05. The van der Waals surface area contributed by atoms with E-state index < -0.39 is 5.82 Å². The van der Waals surface area contributed by atoms with E-state index >= 15 is 0 Å². The van der Waals surface area contributed by atoms with Gasteiger partial charge in [0.1, 0.15) is 11.6 Å². The average Bonchev–Trinajstić information content (AvgIpc) is 2.22. The fourth-order valence-corrected chi connectivity index (χ4v) is 1.77. The first-order valence-corrected chi connectivity index (χ1v) is 5.95. The second kappa shape index (κ2) is 6.03. The maximum Gasteiger partial charge on any atom is 0.306 e. The average molecular weight is 338 g/mol. The molecule has 1 N–H and O–H groups in total. The summed E-state index contributed by atoms with van der Waals surface area (Å²) >= 11 is 1.91. The zero-order chi connectivity index (χ0) is 12.1. The Balaban J connectivity index is 2.67. The number of hydrogen-bond donors (Lipinski definition) is 1. The van der Waals surface area contributed by atoms with Gasteiger partial charge in [0.05, 0.1) is 10.2 Å². The summed E-state index contributed by atoms with van der Waals surface area (Å²) in [6, 6.07) is 2.59. The molecule has 0 unspecified atom stereocenters. The van der Waals surface area contributed by atoms with Crippen LogP contribution in [0.2, 0.25) is 0 Å². The number of phenols is 1. The molecule has 0 heterocycles. The van der Waals surface area contributed by atoms with Gasteiger partial charge in [-0.1, -0.05) is 0 Å². The van der Waals surface area contributed by atoms with Crippen LogP contribution < -0.4 is 0 Å². The molecule has 3 nitrogen and oxygen atoms in total. The van der Waals surface area contributed by atoms with E-state index in [9.17, 15) is 14.3 Å². The van der Waals surface area contributed by atoms with E-state index in [4.69, 9.17) is 4.74 Å². The van der Waals surface area contributed by atoms with Gasteiger partial charge in [-0.05, 0) is 47.6 Å². The summed E-state index contributed by atoms with van der Waals surface area (Å²) in [5, 5.41) is 9.25. The molecule has 0 radical (unpaired) electrons. The standard InChI is InChI=1S/C11H12FIO3/c1-2-16-11(15)4-3-7-5-9(13)10(14)6-8(7)12/h5-6,14H,2-4H2,1H3. The van der Waals surface area contributed by atoms with Gasteiger partial charge in [-0.15, -0.1) is 0 Å². The Morgan fingerprint density at radius 1 is 1.56 bits per heavy atom. The highest BCUT2D eigenvalue weighted by Gasteiger charge is 2.10. The van der Waals surface area contributed by atoms with Crippen molar-refractivity contribution >= 4 is 28.6 Å². The topological polar surface area (TPSA) is 46.5 Å². The van der Waals surface area contributed by atoms with E-state index in [-0.39, 0.29) is 24.6 Å². The van der Waals surface area contributed by atoms with Crippen molar-refractivity contribution in [3.05, 3.63) is 27.1 Å². The molecule has 0 aromatic heterocycles. The number of carbonyl (C=O) groups excluding carboxylic acids is 1. The number of carbonyl (C=O) groups is 1.